The normalized spacial score (nSPS) is 11.6. The van der Waals surface area contributed by atoms with E-state index in [-0.39, 0.29) is 21.5 Å². The molecule has 0 atom stereocenters. The van der Waals surface area contributed by atoms with E-state index in [9.17, 15) is 12.8 Å². The standard InChI is InChI=1S/C14H12ClFN4O3S/c1-2-13-18-19-14(23-13)12-6-9(7-17-12)24(21,22)20-8-3-4-11(16)10(15)5-8/h3-7,17,20H,2H2,1H3. The molecule has 10 heteroatoms. The Morgan fingerprint density at radius 2 is 2.12 bits per heavy atom. The molecule has 0 unspecified atom stereocenters. The lowest BCUT2D eigenvalue weighted by Crippen LogP contribution is -2.12. The maximum absolute atomic E-state index is 13.1. The van der Waals surface area contributed by atoms with Crippen LogP contribution >= 0.6 is 11.6 Å². The van der Waals surface area contributed by atoms with Gasteiger partial charge in [-0.1, -0.05) is 18.5 Å². The van der Waals surface area contributed by atoms with Crippen LogP contribution in [0.15, 0.2) is 39.8 Å². The van der Waals surface area contributed by atoms with E-state index in [1.54, 1.807) is 0 Å². The summed E-state index contributed by atoms with van der Waals surface area (Å²) in [5.41, 5.74) is 0.523. The lowest BCUT2D eigenvalue weighted by Gasteiger charge is -2.06. The third-order valence-electron chi connectivity index (χ3n) is 3.14. The van der Waals surface area contributed by atoms with Gasteiger partial charge in [0.25, 0.3) is 15.9 Å². The Morgan fingerprint density at radius 3 is 2.79 bits per heavy atom. The zero-order valence-corrected chi connectivity index (χ0v) is 13.9. The van der Waals surface area contributed by atoms with Crippen molar-refractivity contribution < 1.29 is 17.2 Å². The summed E-state index contributed by atoms with van der Waals surface area (Å²) in [6.07, 6.45) is 1.87. The third-order valence-corrected chi connectivity index (χ3v) is 4.79. The Bertz CT molecular complexity index is 984. The summed E-state index contributed by atoms with van der Waals surface area (Å²) in [5.74, 6) is 0.00730. The molecule has 2 aromatic heterocycles. The van der Waals surface area contributed by atoms with Gasteiger partial charge in [0, 0.05) is 12.6 Å². The molecule has 24 heavy (non-hydrogen) atoms. The zero-order chi connectivity index (χ0) is 17.3. The average molecular weight is 371 g/mol. The van der Waals surface area contributed by atoms with Crippen LogP contribution in [0.3, 0.4) is 0 Å². The van der Waals surface area contributed by atoms with Crippen LogP contribution in [-0.4, -0.2) is 23.6 Å². The Kier molecular flexibility index (Phi) is 4.29. The number of aromatic amines is 1. The summed E-state index contributed by atoms with van der Waals surface area (Å²) in [7, 11) is -3.88. The SMILES string of the molecule is CCc1nnc(-c2cc(S(=O)(=O)Nc3ccc(F)c(Cl)c3)c[nH]2)o1. The van der Waals surface area contributed by atoms with Crippen LogP contribution in [0.4, 0.5) is 10.1 Å². The predicted molar refractivity (Wildman–Crippen MR) is 85.7 cm³/mol. The highest BCUT2D eigenvalue weighted by molar-refractivity contribution is 7.92. The molecule has 0 saturated carbocycles. The quantitative estimate of drug-likeness (QED) is 0.718. The zero-order valence-electron chi connectivity index (χ0n) is 12.4. The number of aryl methyl sites for hydroxylation is 1. The topological polar surface area (TPSA) is 101 Å². The number of rotatable bonds is 5. The van der Waals surface area contributed by atoms with E-state index < -0.39 is 15.8 Å². The molecule has 7 nitrogen and oxygen atoms in total. The van der Waals surface area contributed by atoms with Crippen molar-refractivity contribution in [3.05, 3.63) is 47.2 Å². The van der Waals surface area contributed by atoms with E-state index in [4.69, 9.17) is 16.0 Å². The molecule has 0 spiro atoms. The highest BCUT2D eigenvalue weighted by Gasteiger charge is 2.19. The minimum absolute atomic E-state index is 0.0332. The molecule has 1 aromatic carbocycles. The van der Waals surface area contributed by atoms with Gasteiger partial charge in [-0.3, -0.25) is 4.72 Å². The fourth-order valence-corrected chi connectivity index (χ4v) is 3.15. The van der Waals surface area contributed by atoms with Crippen LogP contribution < -0.4 is 4.72 Å². The van der Waals surface area contributed by atoms with E-state index in [1.807, 2.05) is 6.92 Å². The largest absolute Gasteiger partial charge is 0.419 e. The molecule has 0 fully saturated rings. The van der Waals surface area contributed by atoms with Gasteiger partial charge in [-0.15, -0.1) is 10.2 Å². The monoisotopic (exact) mass is 370 g/mol. The molecule has 0 radical (unpaired) electrons. The van der Waals surface area contributed by atoms with Crippen molar-refractivity contribution in [3.8, 4) is 11.6 Å². The summed E-state index contributed by atoms with van der Waals surface area (Å²) in [6, 6.07) is 4.90. The van der Waals surface area contributed by atoms with Gasteiger partial charge in [-0.05, 0) is 24.3 Å². The Morgan fingerprint density at radius 1 is 1.33 bits per heavy atom. The summed E-state index contributed by atoms with van der Waals surface area (Å²) < 4.78 is 45.6. The number of halogens is 2. The van der Waals surface area contributed by atoms with Crippen LogP contribution in [0.2, 0.25) is 5.02 Å². The van der Waals surface area contributed by atoms with Crippen molar-refractivity contribution >= 4 is 27.3 Å². The van der Waals surface area contributed by atoms with E-state index in [0.29, 0.717) is 18.0 Å². The molecular weight excluding hydrogens is 359 g/mol. The molecule has 3 rings (SSSR count). The molecule has 0 bridgehead atoms. The molecule has 0 aliphatic carbocycles. The third kappa shape index (κ3) is 3.26. The van der Waals surface area contributed by atoms with Crippen LogP contribution in [0.5, 0.6) is 0 Å². The first-order valence-electron chi connectivity index (χ1n) is 6.88. The van der Waals surface area contributed by atoms with Gasteiger partial charge in [-0.25, -0.2) is 12.8 Å². The maximum Gasteiger partial charge on any atom is 0.264 e. The molecule has 0 amide bonds. The number of hydrogen-bond donors (Lipinski definition) is 2. The second kappa shape index (κ2) is 6.25. The van der Waals surface area contributed by atoms with Gasteiger partial charge in [0.2, 0.25) is 5.89 Å². The maximum atomic E-state index is 13.1. The fraction of sp³-hybridized carbons (Fsp3) is 0.143. The van der Waals surface area contributed by atoms with Crippen molar-refractivity contribution in [2.45, 2.75) is 18.2 Å². The smallest absolute Gasteiger partial charge is 0.264 e. The number of H-pyrrole nitrogens is 1. The minimum atomic E-state index is -3.88. The van der Waals surface area contributed by atoms with Crippen LogP contribution in [-0.2, 0) is 16.4 Å². The number of anilines is 1. The number of nitrogens with zero attached hydrogens (tertiary/aromatic N) is 2. The van der Waals surface area contributed by atoms with Crippen LogP contribution in [0, 0.1) is 5.82 Å². The van der Waals surface area contributed by atoms with Gasteiger partial charge in [0.05, 0.1) is 10.7 Å². The van der Waals surface area contributed by atoms with E-state index in [1.165, 1.54) is 24.4 Å². The molecule has 2 N–H and O–H groups in total. The molecule has 126 valence electrons. The van der Waals surface area contributed by atoms with E-state index in [0.717, 1.165) is 6.07 Å². The molecule has 0 aliphatic rings. The first kappa shape index (κ1) is 16.5. The summed E-state index contributed by atoms with van der Waals surface area (Å²) >= 11 is 5.65. The number of sulfonamides is 1. The lowest BCUT2D eigenvalue weighted by molar-refractivity contribution is 0.511. The van der Waals surface area contributed by atoms with Crippen molar-refractivity contribution in [1.82, 2.24) is 15.2 Å². The van der Waals surface area contributed by atoms with Gasteiger partial charge in [-0.2, -0.15) is 0 Å². The second-order valence-corrected chi connectivity index (χ2v) is 6.93. The van der Waals surface area contributed by atoms with Crippen LogP contribution in [0.25, 0.3) is 11.6 Å². The minimum Gasteiger partial charge on any atom is -0.419 e. The molecule has 2 heterocycles. The Balaban J connectivity index is 1.86. The van der Waals surface area contributed by atoms with Crippen LogP contribution in [0.1, 0.15) is 12.8 Å². The molecule has 3 aromatic rings. The molecule has 0 aliphatic heterocycles. The summed E-state index contributed by atoms with van der Waals surface area (Å²) in [4.78, 5) is 2.74. The second-order valence-electron chi connectivity index (χ2n) is 4.84. The van der Waals surface area contributed by atoms with Gasteiger partial charge < -0.3 is 9.40 Å². The number of hydrogen-bond acceptors (Lipinski definition) is 5. The number of nitrogens with one attached hydrogen (secondary N) is 2. The molecular formula is C14H12ClFN4O3S. The van der Waals surface area contributed by atoms with Crippen molar-refractivity contribution in [2.75, 3.05) is 4.72 Å². The van der Waals surface area contributed by atoms with E-state index in [2.05, 4.69) is 19.9 Å². The van der Waals surface area contributed by atoms with Gasteiger partial charge in [0.1, 0.15) is 16.4 Å². The first-order valence-corrected chi connectivity index (χ1v) is 8.74. The Labute approximate surface area is 141 Å². The highest BCUT2D eigenvalue weighted by Crippen LogP contribution is 2.24. The van der Waals surface area contributed by atoms with Crippen molar-refractivity contribution in [3.63, 3.8) is 0 Å². The number of aromatic nitrogens is 3. The summed E-state index contributed by atoms with van der Waals surface area (Å²) in [5, 5.41) is 7.47. The summed E-state index contributed by atoms with van der Waals surface area (Å²) in [6.45, 7) is 1.86. The van der Waals surface area contributed by atoms with E-state index >= 15 is 0 Å². The Hall–Kier alpha value is -2.39. The predicted octanol–water partition coefficient (Wildman–Crippen LogP) is 3.22. The average Bonchev–Trinajstić information content (AvgIpc) is 3.19. The highest BCUT2D eigenvalue weighted by atomic mass is 35.5. The van der Waals surface area contributed by atoms with Gasteiger partial charge >= 0.3 is 0 Å². The van der Waals surface area contributed by atoms with Crippen molar-refractivity contribution in [1.29, 1.82) is 0 Å². The van der Waals surface area contributed by atoms with Crippen molar-refractivity contribution in [2.24, 2.45) is 0 Å². The lowest BCUT2D eigenvalue weighted by atomic mass is 10.3. The number of benzene rings is 1. The van der Waals surface area contributed by atoms with Gasteiger partial charge in [0.15, 0.2) is 0 Å². The first-order chi connectivity index (χ1) is 11.4. The fourth-order valence-electron chi connectivity index (χ4n) is 1.93. The molecule has 0 saturated heterocycles.